The van der Waals surface area contributed by atoms with Crippen molar-refractivity contribution in [2.45, 2.75) is 45.6 Å². The number of amides is 1. The molecule has 1 aliphatic heterocycles. The van der Waals surface area contributed by atoms with Crippen LogP contribution in [-0.4, -0.2) is 25.0 Å². The third-order valence-electron chi connectivity index (χ3n) is 3.82. The summed E-state index contributed by atoms with van der Waals surface area (Å²) in [6.45, 7) is 6.09. The molecule has 3 nitrogen and oxygen atoms in total. The van der Waals surface area contributed by atoms with Gasteiger partial charge in [0.15, 0.2) is 0 Å². The van der Waals surface area contributed by atoms with Crippen LogP contribution in [0.2, 0.25) is 0 Å². The fourth-order valence-electron chi connectivity index (χ4n) is 2.47. The van der Waals surface area contributed by atoms with Gasteiger partial charge in [0.05, 0.1) is 5.41 Å². The smallest absolute Gasteiger partial charge is 0.227 e. The lowest BCUT2D eigenvalue weighted by Crippen LogP contribution is -2.41. The van der Waals surface area contributed by atoms with E-state index in [1.54, 1.807) is 0 Å². The summed E-state index contributed by atoms with van der Waals surface area (Å²) in [5.74, 6) is 1.02. The fraction of sp³-hybridized carbons (Fsp3) is 0.917. The molecule has 1 saturated carbocycles. The Labute approximate surface area is 92.0 Å². The topological polar surface area (TPSA) is 41.1 Å². The zero-order valence-corrected chi connectivity index (χ0v) is 9.81. The van der Waals surface area contributed by atoms with Crippen molar-refractivity contribution < 1.29 is 4.79 Å². The van der Waals surface area contributed by atoms with Crippen molar-refractivity contribution in [3.05, 3.63) is 0 Å². The largest absolute Gasteiger partial charge is 0.353 e. The van der Waals surface area contributed by atoms with E-state index < -0.39 is 0 Å². The number of carbonyl (C=O) groups excluding carboxylic acids is 1. The molecular formula is C12H22N2O. The lowest BCUT2D eigenvalue weighted by atomic mass is 9.89. The van der Waals surface area contributed by atoms with Gasteiger partial charge in [0.25, 0.3) is 0 Å². The van der Waals surface area contributed by atoms with Gasteiger partial charge >= 0.3 is 0 Å². The first-order valence-corrected chi connectivity index (χ1v) is 6.17. The zero-order valence-electron chi connectivity index (χ0n) is 9.81. The molecule has 2 fully saturated rings. The van der Waals surface area contributed by atoms with Gasteiger partial charge in [0, 0.05) is 12.6 Å². The second-order valence-electron chi connectivity index (χ2n) is 5.35. The Balaban J connectivity index is 1.78. The second-order valence-corrected chi connectivity index (χ2v) is 5.35. The molecule has 0 radical (unpaired) electrons. The van der Waals surface area contributed by atoms with Crippen LogP contribution >= 0.6 is 0 Å². The van der Waals surface area contributed by atoms with Crippen LogP contribution in [0.25, 0.3) is 0 Å². The Morgan fingerprint density at radius 1 is 1.60 bits per heavy atom. The lowest BCUT2D eigenvalue weighted by Gasteiger charge is -2.21. The predicted octanol–water partition coefficient (Wildman–Crippen LogP) is 1.29. The highest BCUT2D eigenvalue weighted by Crippen LogP contribution is 2.36. The van der Waals surface area contributed by atoms with Crippen molar-refractivity contribution in [3.8, 4) is 0 Å². The van der Waals surface area contributed by atoms with Crippen molar-refractivity contribution in [1.82, 2.24) is 10.6 Å². The van der Waals surface area contributed by atoms with Crippen molar-refractivity contribution >= 4 is 5.91 Å². The van der Waals surface area contributed by atoms with Gasteiger partial charge in [-0.1, -0.05) is 13.3 Å². The molecule has 3 heteroatoms. The van der Waals surface area contributed by atoms with Gasteiger partial charge in [-0.25, -0.2) is 0 Å². The maximum atomic E-state index is 12.0. The van der Waals surface area contributed by atoms with Crippen LogP contribution in [0, 0.1) is 11.3 Å². The number of hydrogen-bond acceptors (Lipinski definition) is 2. The Hall–Kier alpha value is -0.570. The summed E-state index contributed by atoms with van der Waals surface area (Å²) in [6, 6.07) is 0.481. The zero-order chi connectivity index (χ0) is 10.9. The average Bonchev–Trinajstić information content (AvgIpc) is 2.76. The molecule has 1 saturated heterocycles. The van der Waals surface area contributed by atoms with Gasteiger partial charge in [-0.3, -0.25) is 4.79 Å². The highest BCUT2D eigenvalue weighted by Gasteiger charge is 2.42. The van der Waals surface area contributed by atoms with E-state index in [9.17, 15) is 4.79 Å². The van der Waals surface area contributed by atoms with E-state index in [4.69, 9.17) is 0 Å². The molecule has 0 aromatic carbocycles. The van der Waals surface area contributed by atoms with Gasteiger partial charge < -0.3 is 10.6 Å². The van der Waals surface area contributed by atoms with Crippen LogP contribution in [0.3, 0.4) is 0 Å². The Morgan fingerprint density at radius 3 is 3.00 bits per heavy atom. The van der Waals surface area contributed by atoms with Crippen LogP contribution in [0.1, 0.15) is 39.5 Å². The summed E-state index contributed by atoms with van der Waals surface area (Å²) in [7, 11) is 0. The maximum Gasteiger partial charge on any atom is 0.227 e. The van der Waals surface area contributed by atoms with Crippen molar-refractivity contribution in [2.24, 2.45) is 11.3 Å². The summed E-state index contributed by atoms with van der Waals surface area (Å²) >= 11 is 0. The third-order valence-corrected chi connectivity index (χ3v) is 3.82. The van der Waals surface area contributed by atoms with Crippen LogP contribution in [0.4, 0.5) is 0 Å². The van der Waals surface area contributed by atoms with E-state index in [-0.39, 0.29) is 11.3 Å². The van der Waals surface area contributed by atoms with Gasteiger partial charge in [0.1, 0.15) is 0 Å². The molecular weight excluding hydrogens is 188 g/mol. The minimum Gasteiger partial charge on any atom is -0.353 e. The molecule has 1 amide bonds. The monoisotopic (exact) mass is 210 g/mol. The summed E-state index contributed by atoms with van der Waals surface area (Å²) in [5, 5.41) is 6.46. The molecule has 15 heavy (non-hydrogen) atoms. The van der Waals surface area contributed by atoms with E-state index in [1.165, 1.54) is 19.3 Å². The first kappa shape index (κ1) is 10.9. The second kappa shape index (κ2) is 4.12. The van der Waals surface area contributed by atoms with Gasteiger partial charge in [0.2, 0.25) is 5.91 Å². The van der Waals surface area contributed by atoms with Crippen LogP contribution < -0.4 is 10.6 Å². The summed E-state index contributed by atoms with van der Waals surface area (Å²) in [4.78, 5) is 12.0. The first-order valence-electron chi connectivity index (χ1n) is 6.17. The lowest BCUT2D eigenvalue weighted by molar-refractivity contribution is -0.129. The van der Waals surface area contributed by atoms with Gasteiger partial charge in [-0.15, -0.1) is 0 Å². The summed E-state index contributed by atoms with van der Waals surface area (Å²) in [6.07, 6.45) is 4.67. The van der Waals surface area contributed by atoms with E-state index >= 15 is 0 Å². The fourth-order valence-corrected chi connectivity index (χ4v) is 2.47. The molecule has 0 bridgehead atoms. The molecule has 2 rings (SSSR count). The van der Waals surface area contributed by atoms with E-state index in [1.807, 2.05) is 0 Å². The Bertz CT molecular complexity index is 246. The van der Waals surface area contributed by atoms with Gasteiger partial charge in [-0.2, -0.15) is 0 Å². The van der Waals surface area contributed by atoms with E-state index in [2.05, 4.69) is 24.5 Å². The molecule has 2 N–H and O–H groups in total. The highest BCUT2D eigenvalue weighted by atomic mass is 16.2. The Kier molecular flexibility index (Phi) is 3.01. The number of rotatable bonds is 4. The van der Waals surface area contributed by atoms with E-state index in [0.29, 0.717) is 6.04 Å². The SMILES string of the molecule is CCCC1CC1NC(=O)C1(C)CCNC1. The molecule has 1 heterocycles. The highest BCUT2D eigenvalue weighted by molar-refractivity contribution is 5.83. The van der Waals surface area contributed by atoms with Crippen molar-refractivity contribution in [2.75, 3.05) is 13.1 Å². The minimum absolute atomic E-state index is 0.153. The summed E-state index contributed by atoms with van der Waals surface area (Å²) < 4.78 is 0. The van der Waals surface area contributed by atoms with Crippen molar-refractivity contribution in [3.63, 3.8) is 0 Å². The minimum atomic E-state index is -0.153. The molecule has 1 aliphatic carbocycles. The quantitative estimate of drug-likeness (QED) is 0.734. The molecule has 3 unspecified atom stereocenters. The van der Waals surface area contributed by atoms with E-state index in [0.717, 1.165) is 25.4 Å². The summed E-state index contributed by atoms with van der Waals surface area (Å²) in [5.41, 5.74) is -0.153. The van der Waals surface area contributed by atoms with Gasteiger partial charge in [-0.05, 0) is 38.6 Å². The van der Waals surface area contributed by atoms with Crippen molar-refractivity contribution in [1.29, 1.82) is 0 Å². The molecule has 2 aliphatic rings. The normalized spacial score (nSPS) is 39.1. The van der Waals surface area contributed by atoms with Crippen LogP contribution in [-0.2, 0) is 4.79 Å². The van der Waals surface area contributed by atoms with Crippen LogP contribution in [0.15, 0.2) is 0 Å². The Morgan fingerprint density at radius 2 is 2.40 bits per heavy atom. The van der Waals surface area contributed by atoms with Crippen LogP contribution in [0.5, 0.6) is 0 Å². The molecule has 0 aromatic heterocycles. The number of carbonyl (C=O) groups is 1. The average molecular weight is 210 g/mol. The first-order chi connectivity index (χ1) is 7.15. The number of hydrogen-bond donors (Lipinski definition) is 2. The molecule has 0 aromatic rings. The standard InChI is InChI=1S/C12H22N2O/c1-3-4-9-7-10(9)14-11(15)12(2)5-6-13-8-12/h9-10,13H,3-8H2,1-2H3,(H,14,15). The predicted molar refractivity (Wildman–Crippen MR) is 60.5 cm³/mol. The molecule has 3 atom stereocenters. The molecule has 0 spiro atoms. The maximum absolute atomic E-state index is 12.0. The third kappa shape index (κ3) is 2.33. The number of nitrogens with one attached hydrogen (secondary N) is 2. The molecule has 86 valence electrons.